The fraction of sp³-hybridized carbons (Fsp3) is 0.600. The summed E-state index contributed by atoms with van der Waals surface area (Å²) >= 11 is 0. The highest BCUT2D eigenvalue weighted by atomic mass is 19.4. The molecule has 1 aromatic carbocycles. The third kappa shape index (κ3) is 2.99. The van der Waals surface area contributed by atoms with Crippen LogP contribution in [-0.4, -0.2) is 19.8 Å². The quantitative estimate of drug-likeness (QED) is 0.915. The van der Waals surface area contributed by atoms with Gasteiger partial charge in [0, 0.05) is 18.6 Å². The van der Waals surface area contributed by atoms with Crippen molar-refractivity contribution in [2.75, 3.05) is 13.7 Å². The second-order valence-corrected chi connectivity index (χ2v) is 5.36. The Morgan fingerprint density at radius 3 is 2.50 bits per heavy atom. The van der Waals surface area contributed by atoms with Crippen LogP contribution in [0.25, 0.3) is 0 Å². The zero-order valence-corrected chi connectivity index (χ0v) is 11.9. The average Bonchev–Trinajstić information content (AvgIpc) is 2.77. The summed E-state index contributed by atoms with van der Waals surface area (Å²) in [6, 6.07) is 3.99. The third-order valence-corrected chi connectivity index (χ3v) is 4.11. The van der Waals surface area contributed by atoms with Gasteiger partial charge in [0.05, 0.1) is 11.7 Å². The van der Waals surface area contributed by atoms with Crippen LogP contribution < -0.4 is 5.32 Å². The van der Waals surface area contributed by atoms with E-state index in [1.165, 1.54) is 6.07 Å². The van der Waals surface area contributed by atoms with E-state index in [1.807, 2.05) is 14.0 Å². The molecule has 0 aromatic heterocycles. The second-order valence-electron chi connectivity index (χ2n) is 5.36. The Morgan fingerprint density at radius 2 is 2.05 bits per heavy atom. The van der Waals surface area contributed by atoms with E-state index in [9.17, 15) is 13.2 Å². The predicted octanol–water partition coefficient (Wildman–Crippen LogP) is 3.70. The van der Waals surface area contributed by atoms with Crippen molar-refractivity contribution in [3.05, 3.63) is 34.9 Å². The number of hydrogen-bond acceptors (Lipinski definition) is 2. The molecule has 0 radical (unpaired) electrons. The van der Waals surface area contributed by atoms with Crippen molar-refractivity contribution < 1.29 is 17.9 Å². The van der Waals surface area contributed by atoms with E-state index in [-0.39, 0.29) is 18.1 Å². The average molecular weight is 287 g/mol. The predicted molar refractivity (Wildman–Crippen MR) is 71.5 cm³/mol. The molecule has 2 rings (SSSR count). The first-order valence-corrected chi connectivity index (χ1v) is 6.81. The van der Waals surface area contributed by atoms with Crippen molar-refractivity contribution in [3.8, 4) is 0 Å². The van der Waals surface area contributed by atoms with Crippen molar-refractivity contribution in [3.63, 3.8) is 0 Å². The molecule has 1 N–H and O–H groups in total. The Labute approximate surface area is 117 Å². The van der Waals surface area contributed by atoms with Crippen molar-refractivity contribution in [1.29, 1.82) is 0 Å². The summed E-state index contributed by atoms with van der Waals surface area (Å²) in [4.78, 5) is 0. The summed E-state index contributed by atoms with van der Waals surface area (Å²) in [7, 11) is 1.84. The largest absolute Gasteiger partial charge is 0.416 e. The van der Waals surface area contributed by atoms with Gasteiger partial charge in [-0.15, -0.1) is 0 Å². The fourth-order valence-electron chi connectivity index (χ4n) is 2.99. The molecule has 5 heteroatoms. The minimum absolute atomic E-state index is 0.0229. The molecule has 3 atom stereocenters. The van der Waals surface area contributed by atoms with Gasteiger partial charge in [-0.1, -0.05) is 6.07 Å². The van der Waals surface area contributed by atoms with E-state index in [2.05, 4.69) is 5.32 Å². The monoisotopic (exact) mass is 287 g/mol. The van der Waals surface area contributed by atoms with Crippen LogP contribution in [0.1, 0.15) is 36.1 Å². The summed E-state index contributed by atoms with van der Waals surface area (Å²) in [5.41, 5.74) is 0.991. The van der Waals surface area contributed by atoms with Crippen LogP contribution in [-0.2, 0) is 10.9 Å². The Bertz CT molecular complexity index is 473. The van der Waals surface area contributed by atoms with Crippen LogP contribution in [0.4, 0.5) is 13.2 Å². The smallest absolute Gasteiger partial charge is 0.378 e. The summed E-state index contributed by atoms with van der Waals surface area (Å²) in [6.45, 7) is 4.46. The number of aryl methyl sites for hydroxylation is 1. The first-order valence-electron chi connectivity index (χ1n) is 6.81. The van der Waals surface area contributed by atoms with Crippen molar-refractivity contribution in [2.24, 2.45) is 5.92 Å². The number of halogens is 3. The zero-order valence-electron chi connectivity index (χ0n) is 11.9. The molecular weight excluding hydrogens is 267 g/mol. The summed E-state index contributed by atoms with van der Waals surface area (Å²) in [5, 5.41) is 3.23. The van der Waals surface area contributed by atoms with Crippen molar-refractivity contribution in [1.82, 2.24) is 5.32 Å². The van der Waals surface area contributed by atoms with Crippen molar-refractivity contribution >= 4 is 0 Å². The van der Waals surface area contributed by atoms with Crippen LogP contribution in [0, 0.1) is 12.8 Å². The summed E-state index contributed by atoms with van der Waals surface area (Å²) in [5.74, 6) is 0.287. The van der Waals surface area contributed by atoms with Crippen LogP contribution >= 0.6 is 0 Å². The van der Waals surface area contributed by atoms with Gasteiger partial charge in [0.2, 0.25) is 0 Å². The number of benzene rings is 1. The first-order chi connectivity index (χ1) is 9.34. The van der Waals surface area contributed by atoms with E-state index in [4.69, 9.17) is 4.74 Å². The number of nitrogens with one attached hydrogen (secondary N) is 1. The molecule has 0 amide bonds. The number of ether oxygens (including phenoxy) is 1. The van der Waals surface area contributed by atoms with Gasteiger partial charge in [-0.2, -0.15) is 13.2 Å². The highest BCUT2D eigenvalue weighted by molar-refractivity contribution is 5.35. The third-order valence-electron chi connectivity index (χ3n) is 4.11. The Hall–Kier alpha value is -1.07. The first kappa shape index (κ1) is 15.3. The normalized spacial score (nSPS) is 24.9. The summed E-state index contributed by atoms with van der Waals surface area (Å²) in [6.07, 6.45) is -3.25. The Balaban J connectivity index is 2.31. The van der Waals surface area contributed by atoms with Gasteiger partial charge >= 0.3 is 6.18 Å². The van der Waals surface area contributed by atoms with Gasteiger partial charge < -0.3 is 10.1 Å². The second kappa shape index (κ2) is 5.74. The van der Waals surface area contributed by atoms with Crippen LogP contribution in [0.5, 0.6) is 0 Å². The van der Waals surface area contributed by atoms with E-state index in [0.717, 1.165) is 18.1 Å². The molecule has 2 nitrogen and oxygen atoms in total. The van der Waals surface area contributed by atoms with Crippen LogP contribution in [0.15, 0.2) is 18.2 Å². The van der Waals surface area contributed by atoms with Gasteiger partial charge in [-0.25, -0.2) is 0 Å². The highest BCUT2D eigenvalue weighted by Crippen LogP contribution is 2.36. The standard InChI is InChI=1S/C15H20F3NO/c1-9-8-11(15(16,17)18)4-5-12(9)14(19-3)13-6-7-20-10(13)2/h4-5,8,10,13-14,19H,6-7H2,1-3H3. The van der Waals surface area contributed by atoms with E-state index in [1.54, 1.807) is 13.0 Å². The lowest BCUT2D eigenvalue weighted by molar-refractivity contribution is -0.137. The molecule has 0 spiro atoms. The maximum atomic E-state index is 12.7. The zero-order chi connectivity index (χ0) is 14.9. The van der Waals surface area contributed by atoms with E-state index in [0.29, 0.717) is 12.2 Å². The van der Waals surface area contributed by atoms with Crippen molar-refractivity contribution in [2.45, 2.75) is 38.6 Å². The molecule has 1 saturated heterocycles. The molecule has 0 saturated carbocycles. The molecule has 1 fully saturated rings. The molecule has 3 unspecified atom stereocenters. The molecule has 1 aromatic rings. The summed E-state index contributed by atoms with van der Waals surface area (Å²) < 4.78 is 43.7. The molecule has 1 aliphatic rings. The number of rotatable bonds is 3. The molecule has 1 aliphatic heterocycles. The minimum atomic E-state index is -4.29. The van der Waals surface area contributed by atoms with Crippen LogP contribution in [0.3, 0.4) is 0 Å². The number of alkyl halides is 3. The lowest BCUT2D eigenvalue weighted by atomic mass is 9.86. The highest BCUT2D eigenvalue weighted by Gasteiger charge is 2.34. The molecule has 0 aliphatic carbocycles. The Morgan fingerprint density at radius 1 is 1.35 bits per heavy atom. The topological polar surface area (TPSA) is 21.3 Å². The molecule has 0 bridgehead atoms. The maximum absolute atomic E-state index is 12.7. The fourth-order valence-corrected chi connectivity index (χ4v) is 2.99. The molecule has 112 valence electrons. The van der Waals surface area contributed by atoms with Gasteiger partial charge in [0.25, 0.3) is 0 Å². The van der Waals surface area contributed by atoms with Gasteiger partial charge in [-0.3, -0.25) is 0 Å². The SMILES string of the molecule is CNC(c1ccc(C(F)(F)F)cc1C)C1CCOC1C. The minimum Gasteiger partial charge on any atom is -0.378 e. The lowest BCUT2D eigenvalue weighted by Crippen LogP contribution is -2.30. The van der Waals surface area contributed by atoms with E-state index < -0.39 is 11.7 Å². The molecule has 20 heavy (non-hydrogen) atoms. The lowest BCUT2D eigenvalue weighted by Gasteiger charge is -2.27. The number of hydrogen-bond donors (Lipinski definition) is 1. The Kier molecular flexibility index (Phi) is 4.39. The molecule has 1 heterocycles. The molecular formula is C15H20F3NO. The van der Waals surface area contributed by atoms with Gasteiger partial charge in [-0.05, 0) is 50.6 Å². The van der Waals surface area contributed by atoms with Gasteiger partial charge in [0.15, 0.2) is 0 Å². The van der Waals surface area contributed by atoms with Gasteiger partial charge in [0.1, 0.15) is 0 Å². The van der Waals surface area contributed by atoms with E-state index >= 15 is 0 Å². The van der Waals surface area contributed by atoms with Crippen LogP contribution in [0.2, 0.25) is 0 Å². The maximum Gasteiger partial charge on any atom is 0.416 e.